The molecule has 3 amide bonds. The molecule has 9 nitrogen and oxygen atoms in total. The number of nitrogens with one attached hydrogen (secondary N) is 1. The van der Waals surface area contributed by atoms with Crippen LogP contribution in [0.5, 0.6) is 0 Å². The summed E-state index contributed by atoms with van der Waals surface area (Å²) in [5, 5.41) is 14.6. The number of anilines is 1. The van der Waals surface area contributed by atoms with Crippen molar-refractivity contribution < 1.29 is 19.5 Å². The molecule has 6 rings (SSSR count). The summed E-state index contributed by atoms with van der Waals surface area (Å²) in [4.78, 5) is 47.9. The lowest BCUT2D eigenvalue weighted by Crippen LogP contribution is -2.52. The Bertz CT molecular complexity index is 1270. The van der Waals surface area contributed by atoms with E-state index in [-0.39, 0.29) is 24.8 Å². The quantitative estimate of drug-likeness (QED) is 0.550. The summed E-state index contributed by atoms with van der Waals surface area (Å²) >= 11 is 6.03. The van der Waals surface area contributed by atoms with E-state index in [2.05, 4.69) is 27.2 Å². The summed E-state index contributed by atoms with van der Waals surface area (Å²) in [5.41, 5.74) is 1.84. The lowest BCUT2D eigenvalue weighted by molar-refractivity contribution is -0.136. The van der Waals surface area contributed by atoms with Crippen molar-refractivity contribution in [2.75, 3.05) is 37.6 Å². The molecule has 3 fully saturated rings. The lowest BCUT2D eigenvalue weighted by atomic mass is 9.86. The minimum absolute atomic E-state index is 0.213. The number of imide groups is 1. The maximum absolute atomic E-state index is 13.0. The van der Waals surface area contributed by atoms with E-state index in [0.29, 0.717) is 42.1 Å². The molecule has 5 heterocycles. The van der Waals surface area contributed by atoms with Crippen LogP contribution >= 0.6 is 11.6 Å². The predicted molar refractivity (Wildman–Crippen MR) is 146 cm³/mol. The number of carbonyl (C=O) groups excluding carboxylic acids is 3. The van der Waals surface area contributed by atoms with Gasteiger partial charge in [0.05, 0.1) is 23.5 Å². The van der Waals surface area contributed by atoms with Crippen molar-refractivity contribution in [3.63, 3.8) is 0 Å². The fourth-order valence-corrected chi connectivity index (χ4v) is 6.57. The maximum atomic E-state index is 13.0. The third kappa shape index (κ3) is 5.27. The summed E-state index contributed by atoms with van der Waals surface area (Å²) in [7, 11) is 0. The minimum atomic E-state index is -1.03. The Labute approximate surface area is 233 Å². The number of nitrogens with zero attached hydrogens (tertiary/aromatic N) is 4. The molecular weight excluding hydrogens is 518 g/mol. The molecule has 0 radical (unpaired) electrons. The predicted octanol–water partition coefficient (Wildman–Crippen LogP) is 2.70. The zero-order valence-electron chi connectivity index (χ0n) is 21.9. The third-order valence-electron chi connectivity index (χ3n) is 8.85. The number of rotatable bonds is 5. The molecule has 3 saturated heterocycles. The number of aromatic nitrogens is 1. The molecule has 0 bridgehead atoms. The van der Waals surface area contributed by atoms with Gasteiger partial charge in [-0.1, -0.05) is 11.6 Å². The minimum Gasteiger partial charge on any atom is -0.383 e. The molecule has 1 aromatic carbocycles. The third-order valence-corrected chi connectivity index (χ3v) is 9.11. The molecule has 1 atom stereocenters. The van der Waals surface area contributed by atoms with Crippen LogP contribution < -0.4 is 10.2 Å². The van der Waals surface area contributed by atoms with Gasteiger partial charge in [0.25, 0.3) is 5.91 Å². The highest BCUT2D eigenvalue weighted by molar-refractivity contribution is 6.30. The highest BCUT2D eigenvalue weighted by atomic mass is 35.5. The van der Waals surface area contributed by atoms with Crippen molar-refractivity contribution in [3.05, 3.63) is 58.4 Å². The van der Waals surface area contributed by atoms with Crippen LogP contribution in [0, 0.1) is 5.92 Å². The highest BCUT2D eigenvalue weighted by Gasteiger charge is 2.42. The number of benzene rings is 1. The summed E-state index contributed by atoms with van der Waals surface area (Å²) in [6, 6.07) is 10.9. The Hall–Kier alpha value is -3.01. The second-order valence-corrected chi connectivity index (χ2v) is 11.8. The van der Waals surface area contributed by atoms with E-state index in [9.17, 15) is 19.5 Å². The Morgan fingerprint density at radius 1 is 0.974 bits per heavy atom. The number of piperidine rings is 3. The molecule has 4 aliphatic rings. The molecule has 2 N–H and O–H groups in total. The molecule has 0 spiro atoms. The van der Waals surface area contributed by atoms with Crippen LogP contribution in [0.1, 0.15) is 60.3 Å². The van der Waals surface area contributed by atoms with Gasteiger partial charge in [-0.05, 0) is 74.4 Å². The SMILES string of the molecule is O=C1CCC(N2Cc3nc(C4(O)CCN(CC5CCN(c6ccc(Cl)cc6)CC5)CC4)ccc3C2=O)C(=O)N1. The highest BCUT2D eigenvalue weighted by Crippen LogP contribution is 2.35. The molecule has 10 heteroatoms. The first-order chi connectivity index (χ1) is 18.8. The monoisotopic (exact) mass is 551 g/mol. The topological polar surface area (TPSA) is 106 Å². The van der Waals surface area contributed by atoms with E-state index in [4.69, 9.17) is 16.6 Å². The molecule has 1 aromatic heterocycles. The molecule has 206 valence electrons. The van der Waals surface area contributed by atoms with Gasteiger partial charge in [-0.25, -0.2) is 0 Å². The summed E-state index contributed by atoms with van der Waals surface area (Å²) in [6.07, 6.45) is 4.01. The van der Waals surface area contributed by atoms with Crippen LogP contribution in [-0.4, -0.2) is 76.4 Å². The summed E-state index contributed by atoms with van der Waals surface area (Å²) < 4.78 is 0. The molecule has 1 unspecified atom stereocenters. The number of hydrogen-bond acceptors (Lipinski definition) is 7. The first-order valence-corrected chi connectivity index (χ1v) is 14.3. The van der Waals surface area contributed by atoms with Crippen molar-refractivity contribution in [2.45, 2.75) is 56.7 Å². The number of amides is 3. The Balaban J connectivity index is 1.03. The summed E-state index contributed by atoms with van der Waals surface area (Å²) in [6.45, 7) is 4.93. The smallest absolute Gasteiger partial charge is 0.256 e. The number of likely N-dealkylation sites (tertiary alicyclic amines) is 1. The average molecular weight is 552 g/mol. The number of halogens is 1. The van der Waals surface area contributed by atoms with Crippen molar-refractivity contribution in [1.82, 2.24) is 20.1 Å². The zero-order valence-corrected chi connectivity index (χ0v) is 22.7. The standard InChI is InChI=1S/C29H34ClN5O4/c30-20-1-3-21(4-2-20)34-13-9-19(10-14-34)17-33-15-11-29(39,12-16-33)25-7-5-22-23(31-25)18-35(28(22)38)24-6-8-26(36)32-27(24)37/h1-5,7,19,24,39H,6,8-18H2,(H,32,36,37). The number of aliphatic hydroxyl groups is 1. The second-order valence-electron chi connectivity index (χ2n) is 11.3. The molecule has 0 aliphatic carbocycles. The van der Waals surface area contributed by atoms with Gasteiger partial charge < -0.3 is 19.8 Å². The van der Waals surface area contributed by atoms with Gasteiger partial charge in [-0.3, -0.25) is 24.7 Å². The zero-order chi connectivity index (χ0) is 27.1. The van der Waals surface area contributed by atoms with Crippen molar-refractivity contribution in [3.8, 4) is 0 Å². The van der Waals surface area contributed by atoms with Gasteiger partial charge in [-0.15, -0.1) is 0 Å². The van der Waals surface area contributed by atoms with Crippen LogP contribution in [-0.2, 0) is 21.7 Å². The largest absolute Gasteiger partial charge is 0.383 e. The van der Waals surface area contributed by atoms with E-state index in [1.54, 1.807) is 12.1 Å². The summed E-state index contributed by atoms with van der Waals surface area (Å²) in [5.74, 6) is -0.350. The number of carbonyl (C=O) groups is 3. The van der Waals surface area contributed by atoms with Crippen molar-refractivity contribution >= 4 is 35.0 Å². The molecule has 39 heavy (non-hydrogen) atoms. The van der Waals surface area contributed by atoms with Gasteiger partial charge in [0.1, 0.15) is 11.6 Å². The number of hydrogen-bond donors (Lipinski definition) is 2. The van der Waals surface area contributed by atoms with Gasteiger partial charge in [0.15, 0.2) is 0 Å². The number of fused-ring (bicyclic) bond motifs is 1. The molecule has 4 aliphatic heterocycles. The van der Waals surface area contributed by atoms with Crippen LogP contribution in [0.15, 0.2) is 36.4 Å². The van der Waals surface area contributed by atoms with Gasteiger partial charge in [-0.2, -0.15) is 0 Å². The second kappa shape index (κ2) is 10.5. The van der Waals surface area contributed by atoms with Crippen LogP contribution in [0.25, 0.3) is 0 Å². The van der Waals surface area contributed by atoms with E-state index in [1.807, 2.05) is 12.1 Å². The van der Waals surface area contributed by atoms with Gasteiger partial charge >= 0.3 is 0 Å². The van der Waals surface area contributed by atoms with Gasteiger partial charge in [0, 0.05) is 49.9 Å². The fraction of sp³-hybridized carbons (Fsp3) is 0.517. The van der Waals surface area contributed by atoms with E-state index >= 15 is 0 Å². The Morgan fingerprint density at radius 3 is 2.38 bits per heavy atom. The van der Waals surface area contributed by atoms with Crippen molar-refractivity contribution in [1.29, 1.82) is 0 Å². The fourth-order valence-electron chi connectivity index (χ4n) is 6.45. The lowest BCUT2D eigenvalue weighted by Gasteiger charge is -2.41. The number of pyridine rings is 1. The normalized spacial score (nSPS) is 24.2. The Morgan fingerprint density at radius 2 is 1.69 bits per heavy atom. The molecular formula is C29H34ClN5O4. The van der Waals surface area contributed by atoms with E-state index in [0.717, 1.165) is 50.6 Å². The first kappa shape index (κ1) is 26.2. The van der Waals surface area contributed by atoms with E-state index in [1.165, 1.54) is 10.6 Å². The van der Waals surface area contributed by atoms with Crippen LogP contribution in [0.4, 0.5) is 5.69 Å². The van der Waals surface area contributed by atoms with Crippen LogP contribution in [0.2, 0.25) is 5.02 Å². The Kier molecular flexibility index (Phi) is 7.07. The average Bonchev–Trinajstić information content (AvgIpc) is 3.26. The van der Waals surface area contributed by atoms with Crippen molar-refractivity contribution in [2.24, 2.45) is 5.92 Å². The van der Waals surface area contributed by atoms with Gasteiger partial charge in [0.2, 0.25) is 11.8 Å². The van der Waals surface area contributed by atoms with E-state index < -0.39 is 17.6 Å². The van der Waals surface area contributed by atoms with Crippen LogP contribution in [0.3, 0.4) is 0 Å². The first-order valence-electron chi connectivity index (χ1n) is 13.9. The molecule has 0 saturated carbocycles. The molecule has 2 aromatic rings. The maximum Gasteiger partial charge on any atom is 0.256 e.